The molecule has 8 heteroatoms. The molecule has 0 saturated heterocycles. The van der Waals surface area contributed by atoms with E-state index < -0.39 is 23.0 Å². The van der Waals surface area contributed by atoms with Crippen molar-refractivity contribution in [2.24, 2.45) is 5.10 Å². The van der Waals surface area contributed by atoms with Crippen molar-refractivity contribution >= 4 is 11.6 Å². The molecule has 8 nitrogen and oxygen atoms in total. The number of aromatic amines is 1. The largest absolute Gasteiger partial charge is 0.493 e. The van der Waals surface area contributed by atoms with E-state index in [0.29, 0.717) is 11.3 Å². The van der Waals surface area contributed by atoms with Crippen LogP contribution in [-0.4, -0.2) is 26.3 Å². The van der Waals surface area contributed by atoms with Gasteiger partial charge in [-0.3, -0.25) is 14.6 Å². The minimum absolute atomic E-state index is 0.0453. The van der Waals surface area contributed by atoms with Gasteiger partial charge in [0.05, 0.1) is 11.4 Å². The van der Waals surface area contributed by atoms with Crippen LogP contribution < -0.4 is 16.7 Å². The zero-order valence-electron chi connectivity index (χ0n) is 15.3. The number of amides is 1. The lowest BCUT2D eigenvalue weighted by atomic mass is 10.2. The molecule has 0 unspecified atom stereocenters. The van der Waals surface area contributed by atoms with Crippen LogP contribution in [0.25, 0.3) is 5.69 Å². The standard InChI is InChI=1S/C20H18N4O4/c1-12-8-10-15(11-9-12)24-19(27)16(18(26)21-20(24)28)13(2)22-23-17(25)14-6-4-3-5-7-14/h3-11,27H,1-2H3,(H,23,25)(H,21,26,28)/b22-13+. The summed E-state index contributed by atoms with van der Waals surface area (Å²) in [6.45, 7) is 3.33. The minimum atomic E-state index is -0.805. The summed E-state index contributed by atoms with van der Waals surface area (Å²) in [5.41, 5.74) is 2.32. The molecule has 0 aliphatic carbocycles. The lowest BCUT2D eigenvalue weighted by Crippen LogP contribution is -2.33. The predicted molar refractivity (Wildman–Crippen MR) is 105 cm³/mol. The van der Waals surface area contributed by atoms with Crippen molar-refractivity contribution in [3.63, 3.8) is 0 Å². The van der Waals surface area contributed by atoms with Gasteiger partial charge in [0, 0.05) is 5.56 Å². The van der Waals surface area contributed by atoms with E-state index in [-0.39, 0.29) is 11.3 Å². The molecule has 0 saturated carbocycles. The van der Waals surface area contributed by atoms with E-state index in [1.54, 1.807) is 54.6 Å². The van der Waals surface area contributed by atoms with Gasteiger partial charge in [-0.25, -0.2) is 14.8 Å². The van der Waals surface area contributed by atoms with Gasteiger partial charge in [-0.05, 0) is 38.1 Å². The first kappa shape index (κ1) is 18.8. The summed E-state index contributed by atoms with van der Waals surface area (Å²) in [7, 11) is 0. The summed E-state index contributed by atoms with van der Waals surface area (Å²) in [4.78, 5) is 38.7. The Labute approximate surface area is 159 Å². The van der Waals surface area contributed by atoms with E-state index >= 15 is 0 Å². The lowest BCUT2D eigenvalue weighted by molar-refractivity contribution is 0.0955. The first-order valence-electron chi connectivity index (χ1n) is 8.44. The lowest BCUT2D eigenvalue weighted by Gasteiger charge is -2.11. The van der Waals surface area contributed by atoms with E-state index in [1.165, 1.54) is 6.92 Å². The van der Waals surface area contributed by atoms with Gasteiger partial charge in [0.15, 0.2) is 0 Å². The maximum Gasteiger partial charge on any atom is 0.335 e. The zero-order valence-corrected chi connectivity index (χ0v) is 15.3. The number of nitrogens with zero attached hydrogens (tertiary/aromatic N) is 2. The Morgan fingerprint density at radius 1 is 1.07 bits per heavy atom. The fourth-order valence-corrected chi connectivity index (χ4v) is 2.63. The summed E-state index contributed by atoms with van der Waals surface area (Å²) in [5.74, 6) is -1.03. The summed E-state index contributed by atoms with van der Waals surface area (Å²) < 4.78 is 0.966. The highest BCUT2D eigenvalue weighted by atomic mass is 16.3. The van der Waals surface area contributed by atoms with Gasteiger partial charge in [-0.15, -0.1) is 0 Å². The van der Waals surface area contributed by atoms with Crippen molar-refractivity contribution < 1.29 is 9.90 Å². The van der Waals surface area contributed by atoms with E-state index in [1.807, 2.05) is 6.92 Å². The van der Waals surface area contributed by atoms with Gasteiger partial charge in [-0.2, -0.15) is 5.10 Å². The van der Waals surface area contributed by atoms with Gasteiger partial charge < -0.3 is 5.11 Å². The molecule has 0 radical (unpaired) electrons. The third-order valence-corrected chi connectivity index (χ3v) is 4.10. The number of H-pyrrole nitrogens is 1. The molecule has 3 N–H and O–H groups in total. The summed E-state index contributed by atoms with van der Waals surface area (Å²) in [6.07, 6.45) is 0. The quantitative estimate of drug-likeness (QED) is 0.473. The van der Waals surface area contributed by atoms with E-state index in [4.69, 9.17) is 0 Å². The summed E-state index contributed by atoms with van der Waals surface area (Å²) in [5, 5.41) is 14.5. The molecule has 1 heterocycles. The maximum atomic E-state index is 12.2. The van der Waals surface area contributed by atoms with Gasteiger partial charge >= 0.3 is 5.69 Å². The number of aryl methyl sites for hydroxylation is 1. The number of aromatic hydroxyl groups is 1. The Morgan fingerprint density at radius 3 is 2.36 bits per heavy atom. The Bertz CT molecular complexity index is 1160. The molecule has 28 heavy (non-hydrogen) atoms. The van der Waals surface area contributed by atoms with E-state index in [0.717, 1.165) is 10.1 Å². The van der Waals surface area contributed by atoms with Crippen LogP contribution in [0.4, 0.5) is 0 Å². The van der Waals surface area contributed by atoms with Gasteiger partial charge in [0.1, 0.15) is 5.56 Å². The molecule has 0 aliphatic heterocycles. The van der Waals surface area contributed by atoms with Gasteiger partial charge in [-0.1, -0.05) is 35.9 Å². The molecular weight excluding hydrogens is 360 g/mol. The van der Waals surface area contributed by atoms with Crippen LogP contribution in [0.5, 0.6) is 5.88 Å². The minimum Gasteiger partial charge on any atom is -0.493 e. The number of benzene rings is 2. The SMILES string of the molecule is C/C(=N\NC(=O)c1ccccc1)c1c(O)n(-c2ccc(C)cc2)c(=O)[nH]c1=O. The second kappa shape index (κ2) is 7.75. The molecule has 0 spiro atoms. The summed E-state index contributed by atoms with van der Waals surface area (Å²) in [6, 6.07) is 15.2. The number of hydrogen-bond acceptors (Lipinski definition) is 5. The average molecular weight is 378 g/mol. The van der Waals surface area contributed by atoms with E-state index in [9.17, 15) is 19.5 Å². The molecule has 3 aromatic rings. The molecule has 0 fully saturated rings. The van der Waals surface area contributed by atoms with Crippen LogP contribution in [0.3, 0.4) is 0 Å². The van der Waals surface area contributed by atoms with Crippen LogP contribution in [0.2, 0.25) is 0 Å². The molecule has 2 aromatic carbocycles. The first-order chi connectivity index (χ1) is 13.4. The van der Waals surface area contributed by atoms with E-state index in [2.05, 4.69) is 15.5 Å². The summed E-state index contributed by atoms with van der Waals surface area (Å²) >= 11 is 0. The molecule has 1 amide bonds. The molecular formula is C20H18N4O4. The van der Waals surface area contributed by atoms with Crippen molar-refractivity contribution in [3.8, 4) is 11.6 Å². The van der Waals surface area contributed by atoms with Crippen LogP contribution in [0.15, 0.2) is 69.3 Å². The molecule has 0 aliphatic rings. The first-order valence-corrected chi connectivity index (χ1v) is 8.44. The number of hydrazone groups is 1. The number of carbonyl (C=O) groups is 1. The third-order valence-electron chi connectivity index (χ3n) is 4.10. The van der Waals surface area contributed by atoms with Gasteiger partial charge in [0.25, 0.3) is 11.5 Å². The highest BCUT2D eigenvalue weighted by molar-refractivity contribution is 6.02. The Hall–Kier alpha value is -3.94. The number of aromatic nitrogens is 2. The highest BCUT2D eigenvalue weighted by Gasteiger charge is 2.18. The second-order valence-corrected chi connectivity index (χ2v) is 6.13. The van der Waals surface area contributed by atoms with Crippen LogP contribution in [-0.2, 0) is 0 Å². The zero-order chi connectivity index (χ0) is 20.3. The number of rotatable bonds is 4. The molecule has 0 atom stereocenters. The molecule has 0 bridgehead atoms. The Balaban J connectivity index is 2.00. The fraction of sp³-hybridized carbons (Fsp3) is 0.100. The maximum absolute atomic E-state index is 12.2. The van der Waals surface area contributed by atoms with Crippen LogP contribution in [0, 0.1) is 6.92 Å². The Kier molecular flexibility index (Phi) is 5.21. The molecule has 3 rings (SSSR count). The van der Waals surface area contributed by atoms with Crippen molar-refractivity contribution in [1.29, 1.82) is 0 Å². The van der Waals surface area contributed by atoms with Crippen LogP contribution >= 0.6 is 0 Å². The third kappa shape index (κ3) is 3.75. The van der Waals surface area contributed by atoms with Crippen molar-refractivity contribution in [1.82, 2.24) is 15.0 Å². The number of nitrogens with one attached hydrogen (secondary N) is 2. The van der Waals surface area contributed by atoms with Crippen LogP contribution in [0.1, 0.15) is 28.4 Å². The number of hydrogen-bond donors (Lipinski definition) is 3. The van der Waals surface area contributed by atoms with Crippen molar-refractivity contribution in [2.45, 2.75) is 13.8 Å². The Morgan fingerprint density at radius 2 is 1.71 bits per heavy atom. The smallest absolute Gasteiger partial charge is 0.335 e. The number of carbonyl (C=O) groups excluding carboxylic acids is 1. The van der Waals surface area contributed by atoms with Crippen molar-refractivity contribution in [2.75, 3.05) is 0 Å². The van der Waals surface area contributed by atoms with Gasteiger partial charge in [0.2, 0.25) is 5.88 Å². The highest BCUT2D eigenvalue weighted by Crippen LogP contribution is 2.17. The predicted octanol–water partition coefficient (Wildman–Crippen LogP) is 1.69. The fourth-order valence-electron chi connectivity index (χ4n) is 2.63. The monoisotopic (exact) mass is 378 g/mol. The second-order valence-electron chi connectivity index (χ2n) is 6.13. The van der Waals surface area contributed by atoms with Crippen molar-refractivity contribution in [3.05, 3.63) is 92.1 Å². The molecule has 142 valence electrons. The molecule has 1 aromatic heterocycles. The average Bonchev–Trinajstić information content (AvgIpc) is 2.68. The normalized spacial score (nSPS) is 11.3. The topological polar surface area (TPSA) is 117 Å².